The van der Waals surface area contributed by atoms with Gasteiger partial charge in [-0.3, -0.25) is 0 Å². The van der Waals surface area contributed by atoms with Crippen molar-refractivity contribution in [1.82, 2.24) is 0 Å². The quantitative estimate of drug-likeness (QED) is 0.336. The summed E-state index contributed by atoms with van der Waals surface area (Å²) in [5.74, 6) is -0.0621. The van der Waals surface area contributed by atoms with Crippen LogP contribution in [0.4, 0.5) is 5.69 Å². The van der Waals surface area contributed by atoms with E-state index in [2.05, 4.69) is 72.4 Å². The molecule has 0 unspecified atom stereocenters. The minimum Gasteiger partial charge on any atom is -0.491 e. The maximum absolute atomic E-state index is 9.93. The van der Waals surface area contributed by atoms with Crippen molar-refractivity contribution in [2.24, 2.45) is 10.2 Å². The molecule has 0 atom stereocenters. The number of allylic oxidation sites excluding steroid dienone is 2. The molecule has 4 rings (SSSR count). The maximum Gasteiger partial charge on any atom is 0.248 e. The van der Waals surface area contributed by atoms with E-state index >= 15 is 0 Å². The third kappa shape index (κ3) is 3.39. The molecule has 145 valence electrons. The Bertz CT molecular complexity index is 1080. The van der Waals surface area contributed by atoms with Gasteiger partial charge in [-0.25, -0.2) is 0 Å². The van der Waals surface area contributed by atoms with E-state index in [1.54, 1.807) is 6.21 Å². The van der Waals surface area contributed by atoms with Crippen LogP contribution in [-0.4, -0.2) is 24.3 Å². The largest absolute Gasteiger partial charge is 0.491 e. The summed E-state index contributed by atoms with van der Waals surface area (Å²) in [5, 5.41) is 22.3. The fourth-order valence-corrected chi connectivity index (χ4v) is 4.45. The molecule has 1 N–H and O–H groups in total. The number of hydrogen-bond donors (Lipinski definition) is 1. The molecule has 0 saturated heterocycles. The molecule has 0 spiro atoms. The number of likely N-dealkylation sites (N-methyl/N-ethyl adjacent to an activating group) is 1. The van der Waals surface area contributed by atoms with Crippen LogP contribution in [0, 0.1) is 0 Å². The van der Waals surface area contributed by atoms with Gasteiger partial charge in [-0.05, 0) is 39.9 Å². The van der Waals surface area contributed by atoms with Gasteiger partial charge < -0.3 is 10.0 Å². The van der Waals surface area contributed by atoms with Crippen LogP contribution in [0.25, 0.3) is 10.8 Å². The molecule has 0 saturated carbocycles. The molecule has 4 nitrogen and oxygen atoms in total. The second-order valence-electron chi connectivity index (χ2n) is 7.08. The van der Waals surface area contributed by atoms with Gasteiger partial charge >= 0.3 is 0 Å². The number of benzene rings is 2. The van der Waals surface area contributed by atoms with Gasteiger partial charge in [0.25, 0.3) is 0 Å². The second-order valence-corrected chi connectivity index (χ2v) is 8.03. The van der Waals surface area contributed by atoms with Gasteiger partial charge in [-0.1, -0.05) is 50.2 Å². The molecule has 0 amide bonds. The molecule has 2 heterocycles. The summed E-state index contributed by atoms with van der Waals surface area (Å²) >= 11 is 1.43. The molecule has 1 aliphatic heterocycles. The first-order valence-electron chi connectivity index (χ1n) is 8.81. The number of nitrogens with zero attached hydrogens (tertiary/aromatic N) is 3. The predicted octanol–water partition coefficient (Wildman–Crippen LogP) is 5.50. The van der Waals surface area contributed by atoms with Crippen molar-refractivity contribution < 1.29 is 21.9 Å². The Hall–Kier alpha value is -2.41. The number of aliphatic hydroxyl groups excluding tert-OH is 1. The van der Waals surface area contributed by atoms with E-state index in [4.69, 9.17) is 0 Å². The fourth-order valence-electron chi connectivity index (χ4n) is 3.84. The number of thiophene rings is 1. The third-order valence-electron chi connectivity index (χ3n) is 5.09. The van der Waals surface area contributed by atoms with E-state index in [-0.39, 0.29) is 28.1 Å². The van der Waals surface area contributed by atoms with E-state index in [0.717, 1.165) is 5.70 Å². The monoisotopic (exact) mass is 434 g/mol. The zero-order chi connectivity index (χ0) is 19.0. The molecule has 2 aromatic carbocycles. The standard InChI is InChI=1S/C22H21N3OS.Co/c1-22(2)19(12-13-23-24-21(26)18-9-6-14-27-18)25(3)17-11-10-15-7-4-5-8-16(15)20(17)22;/h4-14H,1-3H3,(H,24,26);/b19-12-,23-13+;. The zero-order valence-electron chi connectivity index (χ0n) is 15.9. The van der Waals surface area contributed by atoms with Crippen molar-refractivity contribution in [3.63, 3.8) is 0 Å². The van der Waals surface area contributed by atoms with Crippen molar-refractivity contribution in [3.05, 3.63) is 76.1 Å². The van der Waals surface area contributed by atoms with Gasteiger partial charge in [0.05, 0.1) is 11.1 Å². The molecular weight excluding hydrogens is 413 g/mol. The number of rotatable bonds is 3. The molecular formula is C22H21CoN3OS. The van der Waals surface area contributed by atoms with Crippen molar-refractivity contribution >= 4 is 39.9 Å². The van der Waals surface area contributed by atoms with Gasteiger partial charge in [0.2, 0.25) is 5.90 Å². The van der Waals surface area contributed by atoms with E-state index < -0.39 is 0 Å². The first-order chi connectivity index (χ1) is 13.0. The molecule has 0 aliphatic carbocycles. The van der Waals surface area contributed by atoms with Gasteiger partial charge in [0.15, 0.2) is 0 Å². The summed E-state index contributed by atoms with van der Waals surface area (Å²) in [4.78, 5) is 2.91. The zero-order valence-corrected chi connectivity index (χ0v) is 17.7. The van der Waals surface area contributed by atoms with Crippen molar-refractivity contribution in [1.29, 1.82) is 0 Å². The SMILES string of the molecule is CN1\C(=C/C=N/N=C(\O)c2cccs2)C(C)(C)c2c1ccc1ccccc21.[Co]. The fraction of sp³-hybridized carbons (Fsp3) is 0.182. The minimum absolute atomic E-state index is 0. The smallest absolute Gasteiger partial charge is 0.248 e. The summed E-state index contributed by atoms with van der Waals surface area (Å²) in [5.41, 5.74) is 3.52. The van der Waals surface area contributed by atoms with Crippen LogP contribution in [-0.2, 0) is 22.2 Å². The summed E-state index contributed by atoms with van der Waals surface area (Å²) < 4.78 is 0. The van der Waals surface area contributed by atoms with Gasteiger partial charge in [0.1, 0.15) is 0 Å². The van der Waals surface area contributed by atoms with E-state index in [1.807, 2.05) is 23.6 Å². The Morgan fingerprint density at radius 2 is 1.89 bits per heavy atom. The Kier molecular flexibility index (Phi) is 5.74. The van der Waals surface area contributed by atoms with Crippen molar-refractivity contribution in [3.8, 4) is 0 Å². The second kappa shape index (κ2) is 7.91. The number of fused-ring (bicyclic) bond motifs is 3. The minimum atomic E-state index is -0.156. The average molecular weight is 434 g/mol. The topological polar surface area (TPSA) is 48.2 Å². The number of hydrogen-bond acceptors (Lipinski definition) is 4. The number of anilines is 1. The van der Waals surface area contributed by atoms with Gasteiger partial charge in [-0.15, -0.1) is 16.4 Å². The van der Waals surface area contributed by atoms with Crippen LogP contribution < -0.4 is 4.90 Å². The maximum atomic E-state index is 9.93. The Morgan fingerprint density at radius 1 is 1.11 bits per heavy atom. The summed E-state index contributed by atoms with van der Waals surface area (Å²) in [6.45, 7) is 4.46. The predicted molar refractivity (Wildman–Crippen MR) is 115 cm³/mol. The molecule has 6 heteroatoms. The van der Waals surface area contributed by atoms with Crippen LogP contribution in [0.3, 0.4) is 0 Å². The molecule has 3 aromatic rings. The molecule has 1 radical (unpaired) electrons. The van der Waals surface area contributed by atoms with E-state index in [9.17, 15) is 5.11 Å². The van der Waals surface area contributed by atoms with Crippen LogP contribution in [0.2, 0.25) is 0 Å². The summed E-state index contributed by atoms with van der Waals surface area (Å²) in [6, 6.07) is 16.5. The third-order valence-corrected chi connectivity index (χ3v) is 5.95. The summed E-state index contributed by atoms with van der Waals surface area (Å²) in [7, 11) is 2.08. The molecule has 0 bridgehead atoms. The molecule has 28 heavy (non-hydrogen) atoms. The summed E-state index contributed by atoms with van der Waals surface area (Å²) in [6.07, 6.45) is 3.62. The van der Waals surface area contributed by atoms with Gasteiger partial charge in [0, 0.05) is 40.6 Å². The van der Waals surface area contributed by atoms with Crippen molar-refractivity contribution in [2.75, 3.05) is 11.9 Å². The Balaban J connectivity index is 0.00000225. The van der Waals surface area contributed by atoms with Crippen molar-refractivity contribution in [2.45, 2.75) is 19.3 Å². The first kappa shape index (κ1) is 20.3. The molecule has 1 aliphatic rings. The van der Waals surface area contributed by atoms with Crippen LogP contribution in [0.15, 0.2) is 75.9 Å². The van der Waals surface area contributed by atoms with Gasteiger partial charge in [-0.2, -0.15) is 5.10 Å². The molecule has 1 aromatic heterocycles. The van der Waals surface area contributed by atoms with E-state index in [1.165, 1.54) is 33.4 Å². The molecule has 0 fully saturated rings. The number of aliphatic hydroxyl groups is 1. The normalized spacial score (nSPS) is 17.3. The average Bonchev–Trinajstić information content (AvgIpc) is 3.26. The van der Waals surface area contributed by atoms with E-state index in [0.29, 0.717) is 4.88 Å². The Morgan fingerprint density at radius 3 is 2.64 bits per heavy atom. The van der Waals surface area contributed by atoms with Crippen LogP contribution in [0.1, 0.15) is 24.3 Å². The Labute approximate surface area is 179 Å². The first-order valence-corrected chi connectivity index (χ1v) is 9.68. The van der Waals surface area contributed by atoms with Crippen LogP contribution >= 0.6 is 11.3 Å². The van der Waals surface area contributed by atoms with Crippen LogP contribution in [0.5, 0.6) is 0 Å².